The third-order valence-corrected chi connectivity index (χ3v) is 3.67. The molecule has 0 spiro atoms. The molecular weight excluding hydrogens is 250 g/mol. The molecule has 0 bridgehead atoms. The van der Waals surface area contributed by atoms with E-state index in [1.807, 2.05) is 17.5 Å². The molecule has 100 valence electrons. The second-order valence-corrected chi connectivity index (χ2v) is 5.34. The van der Waals surface area contributed by atoms with Crippen molar-refractivity contribution in [2.45, 2.75) is 32.6 Å². The zero-order valence-electron chi connectivity index (χ0n) is 10.5. The van der Waals surface area contributed by atoms with Crippen molar-refractivity contribution in [2.24, 2.45) is 5.92 Å². The van der Waals surface area contributed by atoms with Crippen LogP contribution in [-0.2, 0) is 16.0 Å². The van der Waals surface area contributed by atoms with Crippen LogP contribution in [0.25, 0.3) is 0 Å². The molecule has 1 unspecified atom stereocenters. The van der Waals surface area contributed by atoms with E-state index in [-0.39, 0.29) is 11.8 Å². The number of thiophene rings is 1. The normalized spacial score (nSPS) is 12.1. The van der Waals surface area contributed by atoms with Crippen molar-refractivity contribution in [3.8, 4) is 0 Å². The van der Waals surface area contributed by atoms with E-state index in [4.69, 9.17) is 5.11 Å². The number of amides is 1. The zero-order valence-corrected chi connectivity index (χ0v) is 11.3. The molecule has 0 saturated heterocycles. The van der Waals surface area contributed by atoms with Crippen LogP contribution in [0.2, 0.25) is 0 Å². The average molecular weight is 269 g/mol. The van der Waals surface area contributed by atoms with E-state index in [9.17, 15) is 9.59 Å². The summed E-state index contributed by atoms with van der Waals surface area (Å²) >= 11 is 1.66. The summed E-state index contributed by atoms with van der Waals surface area (Å²) in [7, 11) is 0. The van der Waals surface area contributed by atoms with Crippen LogP contribution in [0.4, 0.5) is 0 Å². The topological polar surface area (TPSA) is 66.4 Å². The molecule has 5 heteroatoms. The minimum absolute atomic E-state index is 0.0337. The highest BCUT2D eigenvalue weighted by molar-refractivity contribution is 7.09. The van der Waals surface area contributed by atoms with Crippen molar-refractivity contribution >= 4 is 23.2 Å². The van der Waals surface area contributed by atoms with Gasteiger partial charge in [0.25, 0.3) is 0 Å². The second-order valence-electron chi connectivity index (χ2n) is 4.31. The fourth-order valence-corrected chi connectivity index (χ4v) is 2.25. The van der Waals surface area contributed by atoms with Crippen molar-refractivity contribution in [1.29, 1.82) is 0 Å². The number of carboxylic acids is 1. The van der Waals surface area contributed by atoms with Crippen LogP contribution in [-0.4, -0.2) is 23.5 Å². The molecule has 4 nitrogen and oxygen atoms in total. The smallest absolute Gasteiger partial charge is 0.306 e. The lowest BCUT2D eigenvalue weighted by molar-refractivity contribution is -0.141. The maximum Gasteiger partial charge on any atom is 0.306 e. The number of hydrogen-bond acceptors (Lipinski definition) is 3. The number of carbonyl (C=O) groups excluding carboxylic acids is 1. The van der Waals surface area contributed by atoms with Crippen LogP contribution in [0.15, 0.2) is 17.5 Å². The Morgan fingerprint density at radius 1 is 1.50 bits per heavy atom. The van der Waals surface area contributed by atoms with E-state index in [0.717, 1.165) is 6.42 Å². The monoisotopic (exact) mass is 269 g/mol. The Balaban J connectivity index is 2.05. The van der Waals surface area contributed by atoms with Gasteiger partial charge in [-0.2, -0.15) is 0 Å². The lowest BCUT2D eigenvalue weighted by Gasteiger charge is -2.07. The first-order valence-electron chi connectivity index (χ1n) is 6.11. The van der Waals surface area contributed by atoms with Gasteiger partial charge in [0.15, 0.2) is 0 Å². The fraction of sp³-hybridized carbons (Fsp3) is 0.538. The highest BCUT2D eigenvalue weighted by Crippen LogP contribution is 2.10. The summed E-state index contributed by atoms with van der Waals surface area (Å²) in [5, 5.41) is 13.5. The summed E-state index contributed by atoms with van der Waals surface area (Å²) in [4.78, 5) is 23.3. The third kappa shape index (κ3) is 5.82. The minimum Gasteiger partial charge on any atom is -0.481 e. The molecule has 0 radical (unpaired) electrons. The molecule has 0 saturated carbocycles. The highest BCUT2D eigenvalue weighted by Gasteiger charge is 2.10. The molecule has 1 rings (SSSR count). The highest BCUT2D eigenvalue weighted by atomic mass is 32.1. The van der Waals surface area contributed by atoms with Gasteiger partial charge in [0.2, 0.25) is 5.91 Å². The Morgan fingerprint density at radius 2 is 2.28 bits per heavy atom. The third-order valence-electron chi connectivity index (χ3n) is 2.74. The first-order valence-corrected chi connectivity index (χ1v) is 6.99. The molecule has 1 atom stereocenters. The van der Waals surface area contributed by atoms with Gasteiger partial charge in [0.05, 0.1) is 5.92 Å². The van der Waals surface area contributed by atoms with Crippen LogP contribution >= 0.6 is 11.3 Å². The number of carbonyl (C=O) groups is 2. The number of aliphatic carboxylic acids is 1. The van der Waals surface area contributed by atoms with Gasteiger partial charge >= 0.3 is 5.97 Å². The summed E-state index contributed by atoms with van der Waals surface area (Å²) in [6.45, 7) is 2.24. The van der Waals surface area contributed by atoms with E-state index >= 15 is 0 Å². The van der Waals surface area contributed by atoms with Crippen molar-refractivity contribution in [2.75, 3.05) is 6.54 Å². The van der Waals surface area contributed by atoms with Gasteiger partial charge in [-0.1, -0.05) is 13.0 Å². The van der Waals surface area contributed by atoms with Crippen LogP contribution < -0.4 is 5.32 Å². The lowest BCUT2D eigenvalue weighted by atomic mass is 10.1. The quantitative estimate of drug-likeness (QED) is 0.712. The molecular formula is C13H19NO3S. The van der Waals surface area contributed by atoms with E-state index in [2.05, 4.69) is 5.32 Å². The van der Waals surface area contributed by atoms with Crippen LogP contribution in [0.5, 0.6) is 0 Å². The first kappa shape index (κ1) is 14.7. The Morgan fingerprint density at radius 3 is 2.89 bits per heavy atom. The summed E-state index contributed by atoms with van der Waals surface area (Å²) in [5.74, 6) is -1.08. The molecule has 1 heterocycles. The molecule has 0 aliphatic rings. The largest absolute Gasteiger partial charge is 0.481 e. The van der Waals surface area contributed by atoms with Crippen LogP contribution in [0.3, 0.4) is 0 Å². The number of aryl methyl sites for hydroxylation is 1. The van der Waals surface area contributed by atoms with Crippen molar-refractivity contribution < 1.29 is 14.7 Å². The standard InChI is InChI=1S/C13H19NO3S/c1-10(13(16)17)4-2-8-14-12(15)7-6-11-5-3-9-18-11/h3,5,9-10H,2,4,6-8H2,1H3,(H,14,15)(H,16,17). The molecule has 0 fully saturated rings. The molecule has 1 aromatic heterocycles. The first-order chi connectivity index (χ1) is 8.59. The molecule has 0 aliphatic carbocycles. The average Bonchev–Trinajstić information content (AvgIpc) is 2.84. The van der Waals surface area contributed by atoms with Gasteiger partial charge < -0.3 is 10.4 Å². The van der Waals surface area contributed by atoms with Gasteiger partial charge in [-0.05, 0) is 30.7 Å². The summed E-state index contributed by atoms with van der Waals surface area (Å²) < 4.78 is 0. The Labute approximate surface area is 111 Å². The Hall–Kier alpha value is -1.36. The second kappa shape index (κ2) is 7.87. The van der Waals surface area contributed by atoms with Gasteiger partial charge in [0, 0.05) is 17.8 Å². The molecule has 0 aromatic carbocycles. The van der Waals surface area contributed by atoms with Crippen LogP contribution in [0.1, 0.15) is 31.1 Å². The van der Waals surface area contributed by atoms with Crippen molar-refractivity contribution in [1.82, 2.24) is 5.32 Å². The van der Waals surface area contributed by atoms with E-state index in [1.165, 1.54) is 4.88 Å². The number of hydrogen-bond donors (Lipinski definition) is 2. The number of rotatable bonds is 8. The Bertz CT molecular complexity index is 376. The van der Waals surface area contributed by atoms with Crippen molar-refractivity contribution in [3.63, 3.8) is 0 Å². The van der Waals surface area contributed by atoms with E-state index in [0.29, 0.717) is 25.8 Å². The summed E-state index contributed by atoms with van der Waals surface area (Å²) in [6, 6.07) is 4.00. The molecule has 1 amide bonds. The predicted octanol–water partition coefficient (Wildman–Crippen LogP) is 2.30. The molecule has 18 heavy (non-hydrogen) atoms. The zero-order chi connectivity index (χ0) is 13.4. The van der Waals surface area contributed by atoms with Crippen LogP contribution in [0, 0.1) is 5.92 Å². The van der Waals surface area contributed by atoms with Gasteiger partial charge in [-0.15, -0.1) is 11.3 Å². The lowest BCUT2D eigenvalue weighted by Crippen LogP contribution is -2.25. The van der Waals surface area contributed by atoms with Gasteiger partial charge in [-0.25, -0.2) is 0 Å². The van der Waals surface area contributed by atoms with Crippen molar-refractivity contribution in [3.05, 3.63) is 22.4 Å². The van der Waals surface area contributed by atoms with E-state index in [1.54, 1.807) is 18.3 Å². The van der Waals surface area contributed by atoms with Gasteiger partial charge in [0.1, 0.15) is 0 Å². The summed E-state index contributed by atoms with van der Waals surface area (Å²) in [6.07, 6.45) is 2.57. The number of nitrogens with one attached hydrogen (secondary N) is 1. The van der Waals surface area contributed by atoms with E-state index < -0.39 is 5.97 Å². The van der Waals surface area contributed by atoms with Gasteiger partial charge in [-0.3, -0.25) is 9.59 Å². The maximum absolute atomic E-state index is 11.5. The maximum atomic E-state index is 11.5. The fourth-order valence-electron chi connectivity index (χ4n) is 1.54. The Kier molecular flexibility index (Phi) is 6.43. The number of carboxylic acid groups (broad SMARTS) is 1. The SMILES string of the molecule is CC(CCCNC(=O)CCc1cccs1)C(=O)O. The molecule has 2 N–H and O–H groups in total. The summed E-state index contributed by atoms with van der Waals surface area (Å²) in [5.41, 5.74) is 0. The molecule has 0 aliphatic heterocycles. The molecule has 1 aromatic rings. The minimum atomic E-state index is -0.779. The predicted molar refractivity (Wildman–Crippen MR) is 71.7 cm³/mol.